The van der Waals surface area contributed by atoms with Crippen molar-refractivity contribution in [2.75, 3.05) is 32.7 Å². The minimum Gasteiger partial charge on any atom is -0.351 e. The number of carbonyl (C=O) groups is 1. The minimum atomic E-state index is 0.0443. The van der Waals surface area contributed by atoms with Gasteiger partial charge in [0.1, 0.15) is 0 Å². The average Bonchev–Trinajstić information content (AvgIpc) is 2.66. The van der Waals surface area contributed by atoms with E-state index >= 15 is 0 Å². The van der Waals surface area contributed by atoms with Crippen LogP contribution in [0, 0.1) is 0 Å². The maximum absolute atomic E-state index is 12.2. The summed E-state index contributed by atoms with van der Waals surface area (Å²) in [5, 5.41) is 4.83. The molecule has 0 saturated carbocycles. The van der Waals surface area contributed by atoms with Gasteiger partial charge in [0.2, 0.25) is 5.91 Å². The van der Waals surface area contributed by atoms with Crippen LogP contribution in [0.4, 0.5) is 0 Å². The molecule has 1 aliphatic heterocycles. The van der Waals surface area contributed by atoms with Gasteiger partial charge in [0.05, 0.1) is 16.6 Å². The molecule has 0 spiro atoms. The molecule has 7 heteroatoms. The van der Waals surface area contributed by atoms with Gasteiger partial charge in [-0.25, -0.2) is 0 Å². The van der Waals surface area contributed by atoms with Gasteiger partial charge < -0.3 is 5.32 Å². The molecule has 1 amide bonds. The largest absolute Gasteiger partial charge is 0.351 e. The Morgan fingerprint density at radius 3 is 2.15 bits per heavy atom. The summed E-state index contributed by atoms with van der Waals surface area (Å²) in [6.07, 6.45) is 0. The molecule has 0 aliphatic carbocycles. The summed E-state index contributed by atoms with van der Waals surface area (Å²) in [4.78, 5) is 16.7. The van der Waals surface area contributed by atoms with Crippen molar-refractivity contribution in [1.29, 1.82) is 0 Å². The van der Waals surface area contributed by atoms with Crippen molar-refractivity contribution < 1.29 is 4.79 Å². The number of carbonyl (C=O) groups excluding carboxylic acids is 1. The summed E-state index contributed by atoms with van der Waals surface area (Å²) in [6, 6.07) is 13.3. The van der Waals surface area contributed by atoms with Crippen molar-refractivity contribution in [1.82, 2.24) is 15.1 Å². The zero-order valence-corrected chi connectivity index (χ0v) is 17.2. The lowest BCUT2D eigenvalue weighted by Crippen LogP contribution is -2.49. The minimum absolute atomic E-state index is 0.0443. The normalized spacial score (nSPS) is 15.7. The Morgan fingerprint density at radius 1 is 0.852 bits per heavy atom. The van der Waals surface area contributed by atoms with Gasteiger partial charge in [-0.2, -0.15) is 0 Å². The van der Waals surface area contributed by atoms with Crippen LogP contribution in [0.2, 0.25) is 15.1 Å². The van der Waals surface area contributed by atoms with E-state index in [4.69, 9.17) is 34.8 Å². The number of nitrogens with one attached hydrogen (secondary N) is 1. The van der Waals surface area contributed by atoms with Crippen molar-refractivity contribution in [3.63, 3.8) is 0 Å². The third-order valence-corrected chi connectivity index (χ3v) is 5.62. The van der Waals surface area contributed by atoms with Gasteiger partial charge >= 0.3 is 0 Å². The zero-order valence-electron chi connectivity index (χ0n) is 14.9. The van der Waals surface area contributed by atoms with E-state index < -0.39 is 0 Å². The van der Waals surface area contributed by atoms with Crippen LogP contribution in [0.3, 0.4) is 0 Å². The molecule has 0 unspecified atom stereocenters. The standard InChI is InChI=1S/C20H22Cl3N3O/c21-17-4-1-15(2-5-17)12-24-20(27)14-26-9-7-25(8-10-26)13-16-3-6-18(22)19(23)11-16/h1-6,11H,7-10,12-14H2,(H,24,27). The number of amides is 1. The lowest BCUT2D eigenvalue weighted by molar-refractivity contribution is -0.122. The Kier molecular flexibility index (Phi) is 7.39. The predicted octanol–water partition coefficient (Wildman–Crippen LogP) is 4.08. The van der Waals surface area contributed by atoms with Gasteiger partial charge in [-0.15, -0.1) is 0 Å². The Bertz CT molecular complexity index is 775. The van der Waals surface area contributed by atoms with E-state index in [0.29, 0.717) is 28.2 Å². The molecule has 1 fully saturated rings. The monoisotopic (exact) mass is 425 g/mol. The lowest BCUT2D eigenvalue weighted by atomic mass is 10.2. The second-order valence-electron chi connectivity index (χ2n) is 6.70. The maximum atomic E-state index is 12.2. The lowest BCUT2D eigenvalue weighted by Gasteiger charge is -2.34. The first kappa shape index (κ1) is 20.4. The van der Waals surface area contributed by atoms with Crippen molar-refractivity contribution in [3.8, 4) is 0 Å². The fraction of sp³-hybridized carbons (Fsp3) is 0.350. The first-order chi connectivity index (χ1) is 13.0. The van der Waals surface area contributed by atoms with Crippen LogP contribution >= 0.6 is 34.8 Å². The zero-order chi connectivity index (χ0) is 19.2. The van der Waals surface area contributed by atoms with Crippen molar-refractivity contribution >= 4 is 40.7 Å². The highest BCUT2D eigenvalue weighted by molar-refractivity contribution is 6.42. The molecule has 1 heterocycles. The molecule has 0 bridgehead atoms. The molecular weight excluding hydrogens is 405 g/mol. The highest BCUT2D eigenvalue weighted by atomic mass is 35.5. The maximum Gasteiger partial charge on any atom is 0.234 e. The molecule has 0 radical (unpaired) electrons. The summed E-state index contributed by atoms with van der Waals surface area (Å²) in [5.74, 6) is 0.0443. The number of nitrogens with zero attached hydrogens (tertiary/aromatic N) is 2. The fourth-order valence-corrected chi connectivity index (χ4v) is 3.51. The molecule has 2 aromatic carbocycles. The molecule has 0 atom stereocenters. The number of hydrogen-bond acceptors (Lipinski definition) is 3. The van der Waals surface area contributed by atoms with Gasteiger partial charge in [-0.1, -0.05) is 53.0 Å². The second kappa shape index (κ2) is 9.76. The Labute approximate surface area is 175 Å². The van der Waals surface area contributed by atoms with Crippen LogP contribution < -0.4 is 5.32 Å². The molecule has 0 aromatic heterocycles. The van der Waals surface area contributed by atoms with E-state index in [1.807, 2.05) is 42.5 Å². The molecule has 4 nitrogen and oxygen atoms in total. The van der Waals surface area contributed by atoms with Crippen molar-refractivity contribution in [2.24, 2.45) is 0 Å². The Balaban J connectivity index is 1.39. The second-order valence-corrected chi connectivity index (χ2v) is 7.95. The molecule has 1 saturated heterocycles. The predicted molar refractivity (Wildman–Crippen MR) is 111 cm³/mol. The van der Waals surface area contributed by atoms with E-state index in [9.17, 15) is 4.79 Å². The molecule has 27 heavy (non-hydrogen) atoms. The fourth-order valence-electron chi connectivity index (χ4n) is 3.06. The Morgan fingerprint density at radius 2 is 1.48 bits per heavy atom. The molecular formula is C20H22Cl3N3O. The number of piperazine rings is 1. The molecule has 144 valence electrons. The van der Waals surface area contributed by atoms with Crippen LogP contribution in [0.15, 0.2) is 42.5 Å². The Hall–Kier alpha value is -1.30. The number of hydrogen-bond donors (Lipinski definition) is 1. The smallest absolute Gasteiger partial charge is 0.234 e. The van der Waals surface area contributed by atoms with Crippen LogP contribution in [0.25, 0.3) is 0 Å². The quantitative estimate of drug-likeness (QED) is 0.756. The van der Waals surface area contributed by atoms with E-state index in [-0.39, 0.29) is 5.91 Å². The van der Waals surface area contributed by atoms with Gasteiger partial charge in [0.25, 0.3) is 0 Å². The summed E-state index contributed by atoms with van der Waals surface area (Å²) < 4.78 is 0. The highest BCUT2D eigenvalue weighted by Gasteiger charge is 2.19. The van der Waals surface area contributed by atoms with E-state index in [1.54, 1.807) is 0 Å². The summed E-state index contributed by atoms with van der Waals surface area (Å²) in [6.45, 7) is 5.37. The van der Waals surface area contributed by atoms with E-state index in [0.717, 1.165) is 43.9 Å². The highest BCUT2D eigenvalue weighted by Crippen LogP contribution is 2.23. The molecule has 1 aliphatic rings. The molecule has 3 rings (SSSR count). The topological polar surface area (TPSA) is 35.6 Å². The van der Waals surface area contributed by atoms with Crippen molar-refractivity contribution in [2.45, 2.75) is 13.1 Å². The summed E-state index contributed by atoms with van der Waals surface area (Å²) in [7, 11) is 0. The van der Waals surface area contributed by atoms with Gasteiger partial charge in [-0.05, 0) is 35.4 Å². The molecule has 2 aromatic rings. The third kappa shape index (κ3) is 6.37. The van der Waals surface area contributed by atoms with Crippen LogP contribution in [0.5, 0.6) is 0 Å². The van der Waals surface area contributed by atoms with Crippen LogP contribution in [0.1, 0.15) is 11.1 Å². The van der Waals surface area contributed by atoms with Crippen LogP contribution in [-0.4, -0.2) is 48.4 Å². The number of halogens is 3. The van der Waals surface area contributed by atoms with Crippen molar-refractivity contribution in [3.05, 3.63) is 68.7 Å². The van der Waals surface area contributed by atoms with Gasteiger partial charge in [0.15, 0.2) is 0 Å². The van der Waals surface area contributed by atoms with E-state index in [1.165, 1.54) is 0 Å². The number of benzene rings is 2. The average molecular weight is 427 g/mol. The summed E-state index contributed by atoms with van der Waals surface area (Å²) in [5.41, 5.74) is 2.19. The first-order valence-corrected chi connectivity index (χ1v) is 10.0. The van der Waals surface area contributed by atoms with Gasteiger partial charge in [0, 0.05) is 44.3 Å². The first-order valence-electron chi connectivity index (χ1n) is 8.89. The summed E-state index contributed by atoms with van der Waals surface area (Å²) >= 11 is 17.9. The SMILES string of the molecule is O=C(CN1CCN(Cc2ccc(Cl)c(Cl)c2)CC1)NCc1ccc(Cl)cc1. The van der Waals surface area contributed by atoms with E-state index in [2.05, 4.69) is 15.1 Å². The number of rotatable bonds is 6. The third-order valence-electron chi connectivity index (χ3n) is 4.63. The van der Waals surface area contributed by atoms with Crippen LogP contribution in [-0.2, 0) is 17.9 Å². The van der Waals surface area contributed by atoms with Gasteiger partial charge in [-0.3, -0.25) is 14.6 Å². The molecule has 1 N–H and O–H groups in total.